The quantitative estimate of drug-likeness (QED) is 0.426. The highest BCUT2D eigenvalue weighted by molar-refractivity contribution is 7.13. The number of nitrogens with two attached hydrogens (primary N) is 1. The Kier molecular flexibility index (Phi) is 5.79. The van der Waals surface area contributed by atoms with Crippen molar-refractivity contribution in [2.45, 2.75) is 19.3 Å². The van der Waals surface area contributed by atoms with Crippen molar-refractivity contribution in [1.29, 1.82) is 0 Å². The van der Waals surface area contributed by atoms with Gasteiger partial charge in [-0.3, -0.25) is 9.89 Å². The molecule has 146 valence electrons. The Morgan fingerprint density at radius 2 is 1.93 bits per heavy atom. The topological polar surface area (TPSA) is 71.8 Å². The van der Waals surface area contributed by atoms with Crippen molar-refractivity contribution in [1.82, 2.24) is 10.2 Å². The third kappa shape index (κ3) is 4.42. The molecule has 3 N–H and O–H groups in total. The molecule has 2 heterocycles. The van der Waals surface area contributed by atoms with Crippen LogP contribution in [0, 0.1) is 0 Å². The first-order valence-corrected chi connectivity index (χ1v) is 10.6. The van der Waals surface area contributed by atoms with Crippen LogP contribution in [0.15, 0.2) is 66.0 Å². The number of thiophene rings is 1. The second kappa shape index (κ2) is 8.64. The second-order valence-corrected chi connectivity index (χ2v) is 8.21. The molecule has 4 rings (SSSR count). The molecular formula is C23H20ClN3OS. The van der Waals surface area contributed by atoms with Gasteiger partial charge in [-0.05, 0) is 53.1 Å². The van der Waals surface area contributed by atoms with Gasteiger partial charge in [-0.15, -0.1) is 11.3 Å². The lowest BCUT2D eigenvalue weighted by Crippen LogP contribution is -2.15. The van der Waals surface area contributed by atoms with E-state index in [1.54, 1.807) is 11.3 Å². The van der Waals surface area contributed by atoms with E-state index in [0.29, 0.717) is 29.1 Å². The Bertz CT molecular complexity index is 1130. The maximum Gasteiger partial charge on any atom is 0.252 e. The zero-order valence-corrected chi connectivity index (χ0v) is 17.3. The minimum Gasteiger partial charge on any atom is -0.365 e. The lowest BCUT2D eigenvalue weighted by molar-refractivity contribution is 0.0998. The number of aromatic amines is 1. The third-order valence-electron chi connectivity index (χ3n) is 4.87. The Morgan fingerprint density at radius 3 is 2.69 bits per heavy atom. The molecule has 0 spiro atoms. The molecule has 0 radical (unpaired) electrons. The van der Waals surface area contributed by atoms with E-state index in [-0.39, 0.29) is 0 Å². The van der Waals surface area contributed by atoms with Crippen molar-refractivity contribution < 1.29 is 4.79 Å². The molecule has 0 aliphatic carbocycles. The van der Waals surface area contributed by atoms with E-state index in [2.05, 4.69) is 39.8 Å². The highest BCUT2D eigenvalue weighted by atomic mass is 35.5. The van der Waals surface area contributed by atoms with Crippen LogP contribution >= 0.6 is 22.9 Å². The van der Waals surface area contributed by atoms with Crippen LogP contribution in [0.4, 0.5) is 0 Å². The molecule has 0 saturated heterocycles. The summed E-state index contributed by atoms with van der Waals surface area (Å²) >= 11 is 7.80. The number of halogens is 1. The van der Waals surface area contributed by atoms with Crippen LogP contribution in [0.1, 0.15) is 32.9 Å². The number of benzene rings is 2. The van der Waals surface area contributed by atoms with Gasteiger partial charge in [0.05, 0.1) is 17.0 Å². The summed E-state index contributed by atoms with van der Waals surface area (Å²) < 4.78 is 0. The SMILES string of the molecule is NC(=O)c1c(CCc2ccccc2-c2cccs2)n[nH]c1Cc1cccc(Cl)c1. The number of primary amides is 1. The second-order valence-electron chi connectivity index (χ2n) is 6.83. The van der Waals surface area contributed by atoms with E-state index < -0.39 is 5.91 Å². The van der Waals surface area contributed by atoms with E-state index in [1.807, 2.05) is 36.4 Å². The average Bonchev–Trinajstić information content (AvgIpc) is 3.37. The molecule has 0 aliphatic heterocycles. The number of amides is 1. The summed E-state index contributed by atoms with van der Waals surface area (Å²) in [4.78, 5) is 13.4. The summed E-state index contributed by atoms with van der Waals surface area (Å²) in [5, 5.41) is 10.2. The number of aromatic nitrogens is 2. The Morgan fingerprint density at radius 1 is 1.07 bits per heavy atom. The Hall–Kier alpha value is -2.89. The highest BCUT2D eigenvalue weighted by Crippen LogP contribution is 2.29. The van der Waals surface area contributed by atoms with Crippen molar-refractivity contribution in [3.05, 3.63) is 99.1 Å². The molecule has 4 aromatic rings. The molecule has 6 heteroatoms. The molecule has 1 amide bonds. The van der Waals surface area contributed by atoms with E-state index in [0.717, 1.165) is 17.7 Å². The molecule has 0 fully saturated rings. The predicted molar refractivity (Wildman–Crippen MR) is 119 cm³/mol. The monoisotopic (exact) mass is 421 g/mol. The minimum absolute atomic E-state index is 0.461. The molecule has 29 heavy (non-hydrogen) atoms. The largest absolute Gasteiger partial charge is 0.365 e. The summed E-state index contributed by atoms with van der Waals surface area (Å²) in [6.45, 7) is 0. The van der Waals surface area contributed by atoms with E-state index >= 15 is 0 Å². The predicted octanol–water partition coefficient (Wildman–Crippen LogP) is 5.27. The van der Waals surface area contributed by atoms with Crippen molar-refractivity contribution >= 4 is 28.8 Å². The molecule has 0 saturated carbocycles. The zero-order chi connectivity index (χ0) is 20.2. The van der Waals surface area contributed by atoms with Gasteiger partial charge in [0.25, 0.3) is 5.91 Å². The van der Waals surface area contributed by atoms with Gasteiger partial charge in [0.2, 0.25) is 0 Å². The Balaban J connectivity index is 1.57. The first kappa shape index (κ1) is 19.4. The number of hydrogen-bond donors (Lipinski definition) is 2. The summed E-state index contributed by atoms with van der Waals surface area (Å²) in [5.74, 6) is -0.461. The number of carbonyl (C=O) groups excluding carboxylic acids is 1. The lowest BCUT2D eigenvalue weighted by Gasteiger charge is -2.08. The number of nitrogens with zero attached hydrogens (tertiary/aromatic N) is 1. The van der Waals surface area contributed by atoms with Crippen LogP contribution in [0.25, 0.3) is 10.4 Å². The number of nitrogens with one attached hydrogen (secondary N) is 1. The first-order valence-electron chi connectivity index (χ1n) is 9.34. The van der Waals surface area contributed by atoms with Gasteiger partial charge in [0, 0.05) is 16.3 Å². The summed E-state index contributed by atoms with van der Waals surface area (Å²) in [5.41, 5.74) is 11.1. The summed E-state index contributed by atoms with van der Waals surface area (Å²) in [6.07, 6.45) is 1.93. The smallest absolute Gasteiger partial charge is 0.252 e. The van der Waals surface area contributed by atoms with Crippen LogP contribution in [-0.4, -0.2) is 16.1 Å². The average molecular weight is 422 g/mol. The minimum atomic E-state index is -0.461. The zero-order valence-electron chi connectivity index (χ0n) is 15.7. The van der Waals surface area contributed by atoms with Gasteiger partial charge in [-0.2, -0.15) is 5.10 Å². The van der Waals surface area contributed by atoms with Crippen LogP contribution in [0.5, 0.6) is 0 Å². The third-order valence-corrected chi connectivity index (χ3v) is 6.01. The molecule has 0 aliphatic rings. The van der Waals surface area contributed by atoms with Crippen molar-refractivity contribution in [2.75, 3.05) is 0 Å². The molecule has 0 unspecified atom stereocenters. The van der Waals surface area contributed by atoms with Crippen molar-refractivity contribution in [3.63, 3.8) is 0 Å². The fourth-order valence-corrected chi connectivity index (χ4v) is 4.54. The molecule has 2 aromatic heterocycles. The summed E-state index contributed by atoms with van der Waals surface area (Å²) in [7, 11) is 0. The number of H-pyrrole nitrogens is 1. The number of aryl methyl sites for hydroxylation is 2. The number of hydrogen-bond acceptors (Lipinski definition) is 3. The van der Waals surface area contributed by atoms with Gasteiger partial charge >= 0.3 is 0 Å². The fourth-order valence-electron chi connectivity index (χ4n) is 3.54. The van der Waals surface area contributed by atoms with Gasteiger partial charge in [-0.25, -0.2) is 0 Å². The molecule has 4 nitrogen and oxygen atoms in total. The van der Waals surface area contributed by atoms with Crippen LogP contribution < -0.4 is 5.73 Å². The molecule has 2 aromatic carbocycles. The number of rotatable bonds is 7. The van der Waals surface area contributed by atoms with Gasteiger partial charge in [0.15, 0.2) is 0 Å². The van der Waals surface area contributed by atoms with Crippen molar-refractivity contribution in [3.8, 4) is 10.4 Å². The standard InChI is InChI=1S/C23H20ClN3OS/c24-17-7-3-5-15(13-17)14-20-22(23(25)28)19(26-27-20)11-10-16-6-1-2-8-18(16)21-9-4-12-29-21/h1-9,12-13H,10-11,14H2,(H2,25,28)(H,26,27). The van der Waals surface area contributed by atoms with Crippen LogP contribution in [0.3, 0.4) is 0 Å². The van der Waals surface area contributed by atoms with E-state index in [9.17, 15) is 4.79 Å². The van der Waals surface area contributed by atoms with Gasteiger partial charge < -0.3 is 5.73 Å². The molecular weight excluding hydrogens is 402 g/mol. The summed E-state index contributed by atoms with van der Waals surface area (Å²) in [6, 6.07) is 20.1. The fraction of sp³-hybridized carbons (Fsp3) is 0.130. The Labute approximate surface area is 178 Å². The number of carbonyl (C=O) groups is 1. The first-order chi connectivity index (χ1) is 14.1. The van der Waals surface area contributed by atoms with Gasteiger partial charge in [0.1, 0.15) is 0 Å². The van der Waals surface area contributed by atoms with Crippen molar-refractivity contribution in [2.24, 2.45) is 5.73 Å². The van der Waals surface area contributed by atoms with Crippen LogP contribution in [-0.2, 0) is 19.3 Å². The normalized spacial score (nSPS) is 10.9. The lowest BCUT2D eigenvalue weighted by atomic mass is 9.98. The maximum atomic E-state index is 12.2. The molecule has 0 atom stereocenters. The molecule has 0 bridgehead atoms. The van der Waals surface area contributed by atoms with E-state index in [1.165, 1.54) is 16.0 Å². The van der Waals surface area contributed by atoms with E-state index in [4.69, 9.17) is 17.3 Å². The van der Waals surface area contributed by atoms with Crippen LogP contribution in [0.2, 0.25) is 5.02 Å². The maximum absolute atomic E-state index is 12.2. The highest BCUT2D eigenvalue weighted by Gasteiger charge is 2.19. The van der Waals surface area contributed by atoms with Gasteiger partial charge in [-0.1, -0.05) is 54.1 Å².